The van der Waals surface area contributed by atoms with E-state index >= 15 is 0 Å². The summed E-state index contributed by atoms with van der Waals surface area (Å²) in [6.45, 7) is 3.46. The largest absolute Gasteiger partial charge is 0.417 e. The second-order valence-corrected chi connectivity index (χ2v) is 4.33. The number of aliphatic hydroxyl groups is 1. The number of benzene rings is 1. The molecule has 1 unspecified atom stereocenters. The van der Waals surface area contributed by atoms with Crippen LogP contribution in [-0.2, 0) is 6.18 Å². The second kappa shape index (κ2) is 4.63. The molecule has 90 valence electrons. The Morgan fingerprint density at radius 3 is 2.25 bits per heavy atom. The molecule has 1 atom stereocenters. The van der Waals surface area contributed by atoms with Crippen molar-refractivity contribution in [1.29, 1.82) is 0 Å². The summed E-state index contributed by atoms with van der Waals surface area (Å²) in [5.74, 6) is -0.151. The van der Waals surface area contributed by atoms with E-state index in [1.54, 1.807) is 13.8 Å². The molecule has 0 fully saturated rings. The van der Waals surface area contributed by atoms with E-state index in [2.05, 4.69) is 0 Å². The van der Waals surface area contributed by atoms with Gasteiger partial charge in [-0.3, -0.25) is 0 Å². The Kier molecular flexibility index (Phi) is 3.86. The SMILES string of the molecule is CC(C)C(O)c1ccc(Cl)c(C(F)(F)F)c1. The maximum Gasteiger partial charge on any atom is 0.417 e. The molecule has 0 spiro atoms. The minimum atomic E-state index is -4.50. The van der Waals surface area contributed by atoms with Crippen molar-refractivity contribution in [2.75, 3.05) is 0 Å². The van der Waals surface area contributed by atoms with Gasteiger partial charge < -0.3 is 5.11 Å². The molecule has 0 aliphatic heterocycles. The quantitative estimate of drug-likeness (QED) is 0.842. The lowest BCUT2D eigenvalue weighted by atomic mass is 9.97. The van der Waals surface area contributed by atoms with Crippen LogP contribution in [0, 0.1) is 5.92 Å². The molecule has 0 aromatic heterocycles. The molecule has 0 heterocycles. The van der Waals surface area contributed by atoms with Gasteiger partial charge in [-0.05, 0) is 23.6 Å². The summed E-state index contributed by atoms with van der Waals surface area (Å²) in [4.78, 5) is 0. The molecule has 0 saturated carbocycles. The first-order valence-electron chi connectivity index (χ1n) is 4.78. The van der Waals surface area contributed by atoms with Crippen LogP contribution in [-0.4, -0.2) is 5.11 Å². The van der Waals surface area contributed by atoms with Gasteiger partial charge in [0.05, 0.1) is 16.7 Å². The van der Waals surface area contributed by atoms with Crippen molar-refractivity contribution in [1.82, 2.24) is 0 Å². The van der Waals surface area contributed by atoms with E-state index in [1.807, 2.05) is 0 Å². The van der Waals surface area contributed by atoms with Crippen LogP contribution in [0.2, 0.25) is 5.02 Å². The highest BCUT2D eigenvalue weighted by Gasteiger charge is 2.33. The van der Waals surface area contributed by atoms with Gasteiger partial charge in [-0.1, -0.05) is 31.5 Å². The fraction of sp³-hybridized carbons (Fsp3) is 0.455. The standard InChI is InChI=1S/C11H12ClF3O/c1-6(2)10(16)7-3-4-9(12)8(5-7)11(13,14)15/h3-6,10,16H,1-2H3. The molecule has 0 aliphatic rings. The van der Waals surface area contributed by atoms with Crippen molar-refractivity contribution in [2.24, 2.45) is 5.92 Å². The third-order valence-electron chi connectivity index (χ3n) is 2.27. The lowest BCUT2D eigenvalue weighted by Crippen LogP contribution is -2.10. The van der Waals surface area contributed by atoms with E-state index in [-0.39, 0.29) is 16.5 Å². The van der Waals surface area contributed by atoms with E-state index in [0.29, 0.717) is 0 Å². The van der Waals surface area contributed by atoms with Gasteiger partial charge in [-0.2, -0.15) is 13.2 Å². The maximum absolute atomic E-state index is 12.5. The van der Waals surface area contributed by atoms with Crippen molar-refractivity contribution >= 4 is 11.6 Å². The van der Waals surface area contributed by atoms with Crippen LogP contribution in [0.1, 0.15) is 31.1 Å². The summed E-state index contributed by atoms with van der Waals surface area (Å²) in [5.41, 5.74) is -0.682. The normalized spacial score (nSPS) is 14.2. The zero-order valence-electron chi connectivity index (χ0n) is 8.85. The van der Waals surface area contributed by atoms with E-state index in [4.69, 9.17) is 11.6 Å². The highest BCUT2D eigenvalue weighted by atomic mass is 35.5. The zero-order valence-corrected chi connectivity index (χ0v) is 9.60. The molecule has 0 saturated heterocycles. The number of hydrogen-bond acceptors (Lipinski definition) is 1. The first-order valence-corrected chi connectivity index (χ1v) is 5.16. The van der Waals surface area contributed by atoms with Crippen molar-refractivity contribution in [3.8, 4) is 0 Å². The van der Waals surface area contributed by atoms with Crippen LogP contribution in [0.4, 0.5) is 13.2 Å². The van der Waals surface area contributed by atoms with Crippen LogP contribution < -0.4 is 0 Å². The van der Waals surface area contributed by atoms with Gasteiger partial charge in [0.2, 0.25) is 0 Å². The van der Waals surface area contributed by atoms with Gasteiger partial charge >= 0.3 is 6.18 Å². The number of hydrogen-bond donors (Lipinski definition) is 1. The molecule has 1 rings (SSSR count). The number of halogens is 4. The zero-order chi connectivity index (χ0) is 12.5. The molecule has 0 amide bonds. The van der Waals surface area contributed by atoms with Crippen LogP contribution >= 0.6 is 11.6 Å². The highest BCUT2D eigenvalue weighted by molar-refractivity contribution is 6.31. The summed E-state index contributed by atoms with van der Waals surface area (Å²) in [6.07, 6.45) is -5.41. The molecular formula is C11H12ClF3O. The third kappa shape index (κ3) is 2.89. The van der Waals surface area contributed by atoms with Gasteiger partial charge in [0.25, 0.3) is 0 Å². The second-order valence-electron chi connectivity index (χ2n) is 3.93. The van der Waals surface area contributed by atoms with Crippen molar-refractivity contribution in [3.63, 3.8) is 0 Å². The Labute approximate surface area is 96.9 Å². The Morgan fingerprint density at radius 1 is 1.25 bits per heavy atom. The summed E-state index contributed by atoms with van der Waals surface area (Å²) >= 11 is 5.46. The average molecular weight is 253 g/mol. The minimum Gasteiger partial charge on any atom is -0.388 e. The van der Waals surface area contributed by atoms with Gasteiger partial charge in [-0.25, -0.2) is 0 Å². The van der Waals surface area contributed by atoms with Crippen molar-refractivity contribution in [2.45, 2.75) is 26.1 Å². The third-order valence-corrected chi connectivity index (χ3v) is 2.60. The summed E-state index contributed by atoms with van der Waals surface area (Å²) in [5, 5.41) is 9.31. The lowest BCUT2D eigenvalue weighted by Gasteiger charge is -2.17. The van der Waals surface area contributed by atoms with Crippen LogP contribution in [0.5, 0.6) is 0 Å². The summed E-state index contributed by atoms with van der Waals surface area (Å²) in [6, 6.07) is 3.46. The number of aliphatic hydroxyl groups excluding tert-OH is 1. The lowest BCUT2D eigenvalue weighted by molar-refractivity contribution is -0.137. The predicted molar refractivity (Wildman–Crippen MR) is 56.3 cm³/mol. The van der Waals surface area contributed by atoms with Crippen molar-refractivity contribution in [3.05, 3.63) is 34.3 Å². The van der Waals surface area contributed by atoms with E-state index < -0.39 is 17.8 Å². The monoisotopic (exact) mass is 252 g/mol. The molecule has 1 N–H and O–H groups in total. The van der Waals surface area contributed by atoms with E-state index in [9.17, 15) is 18.3 Å². The fourth-order valence-corrected chi connectivity index (χ4v) is 1.55. The Balaban J connectivity index is 3.18. The smallest absolute Gasteiger partial charge is 0.388 e. The van der Waals surface area contributed by atoms with Gasteiger partial charge in [-0.15, -0.1) is 0 Å². The molecule has 1 nitrogen and oxygen atoms in total. The molecular weight excluding hydrogens is 241 g/mol. The fourth-order valence-electron chi connectivity index (χ4n) is 1.33. The topological polar surface area (TPSA) is 20.2 Å². The molecule has 1 aromatic carbocycles. The number of alkyl halides is 3. The molecule has 0 bridgehead atoms. The minimum absolute atomic E-state index is 0.151. The Morgan fingerprint density at radius 2 is 1.81 bits per heavy atom. The predicted octanol–water partition coefficient (Wildman–Crippen LogP) is 4.05. The molecule has 0 radical (unpaired) electrons. The van der Waals surface area contributed by atoms with E-state index in [0.717, 1.165) is 12.1 Å². The average Bonchev–Trinajstić information content (AvgIpc) is 2.15. The first-order chi connectivity index (χ1) is 7.23. The Hall–Kier alpha value is -0.740. The van der Waals surface area contributed by atoms with Crippen LogP contribution in [0.15, 0.2) is 18.2 Å². The molecule has 1 aromatic rings. The van der Waals surface area contributed by atoms with Gasteiger partial charge in [0.15, 0.2) is 0 Å². The van der Waals surface area contributed by atoms with Crippen LogP contribution in [0.3, 0.4) is 0 Å². The number of rotatable bonds is 2. The maximum atomic E-state index is 12.5. The first kappa shape index (κ1) is 13.3. The molecule has 5 heteroatoms. The molecule has 16 heavy (non-hydrogen) atoms. The molecule has 0 aliphatic carbocycles. The van der Waals surface area contributed by atoms with Gasteiger partial charge in [0, 0.05) is 0 Å². The van der Waals surface area contributed by atoms with E-state index in [1.165, 1.54) is 6.07 Å². The Bertz CT molecular complexity index is 374. The van der Waals surface area contributed by atoms with Crippen LogP contribution in [0.25, 0.3) is 0 Å². The van der Waals surface area contributed by atoms with Gasteiger partial charge in [0.1, 0.15) is 0 Å². The summed E-state index contributed by atoms with van der Waals surface area (Å²) in [7, 11) is 0. The summed E-state index contributed by atoms with van der Waals surface area (Å²) < 4.78 is 37.6. The highest BCUT2D eigenvalue weighted by Crippen LogP contribution is 2.36. The van der Waals surface area contributed by atoms with Crippen molar-refractivity contribution < 1.29 is 18.3 Å².